The second-order valence-electron chi connectivity index (χ2n) is 13.0. The maximum atomic E-state index is 14.9. The number of benzene rings is 4. The molecular weight excluding hydrogens is 732 g/mol. The predicted molar refractivity (Wildman–Crippen MR) is 199 cm³/mol. The third-order valence-corrected chi connectivity index (χ3v) is 10.2. The molecule has 2 heterocycles. The summed E-state index contributed by atoms with van der Waals surface area (Å²) in [5.74, 6) is -1.56. The Morgan fingerprint density at radius 2 is 1.48 bits per heavy atom. The Balaban J connectivity index is 1.46. The second kappa shape index (κ2) is 15.2. The highest BCUT2D eigenvalue weighted by molar-refractivity contribution is 6.30. The van der Waals surface area contributed by atoms with Gasteiger partial charge >= 0.3 is 5.97 Å². The first-order valence-corrected chi connectivity index (χ1v) is 17.3. The Labute approximate surface area is 320 Å². The highest BCUT2D eigenvalue weighted by atomic mass is 16.7. The van der Waals surface area contributed by atoms with Gasteiger partial charge in [0.05, 0.1) is 71.9 Å². The molecular formula is C40H38N2O14. The molecule has 0 bridgehead atoms. The molecule has 4 aromatic rings. The fraction of sp³-hybridized carbons (Fsp3) is 0.300. The number of esters is 1. The molecule has 1 fully saturated rings. The molecule has 1 saturated heterocycles. The maximum absolute atomic E-state index is 14.9. The molecule has 0 spiro atoms. The van der Waals surface area contributed by atoms with Gasteiger partial charge in [-0.25, -0.2) is 0 Å². The number of nitrogens with one attached hydrogen (secondary N) is 1. The number of ether oxygens (including phenoxy) is 9. The topological polar surface area (TPSA) is 193 Å². The summed E-state index contributed by atoms with van der Waals surface area (Å²) in [6, 6.07) is 14.0. The number of fused-ring (bicyclic) bond motifs is 3. The van der Waals surface area contributed by atoms with Gasteiger partial charge in [-0.1, -0.05) is 12.1 Å². The van der Waals surface area contributed by atoms with Crippen molar-refractivity contribution in [1.82, 2.24) is 0 Å². The van der Waals surface area contributed by atoms with Gasteiger partial charge in [-0.3, -0.25) is 19.7 Å². The van der Waals surface area contributed by atoms with E-state index in [4.69, 9.17) is 42.6 Å². The minimum atomic E-state index is -1.21. The summed E-state index contributed by atoms with van der Waals surface area (Å²) in [6.07, 6.45) is 0.270. The Morgan fingerprint density at radius 1 is 0.857 bits per heavy atom. The summed E-state index contributed by atoms with van der Waals surface area (Å²) in [4.78, 5) is 39.8. The fourth-order valence-corrected chi connectivity index (χ4v) is 7.66. The zero-order valence-corrected chi connectivity index (χ0v) is 31.2. The lowest BCUT2D eigenvalue weighted by Crippen LogP contribution is -2.35. The third kappa shape index (κ3) is 6.36. The van der Waals surface area contributed by atoms with Crippen LogP contribution in [0.1, 0.15) is 39.8 Å². The number of anilines is 1. The van der Waals surface area contributed by atoms with Crippen molar-refractivity contribution >= 4 is 34.9 Å². The van der Waals surface area contributed by atoms with E-state index in [1.807, 2.05) is 0 Å². The molecule has 7 rings (SSSR count). The zero-order chi connectivity index (χ0) is 39.8. The summed E-state index contributed by atoms with van der Waals surface area (Å²) in [5.41, 5.74) is 1.85. The van der Waals surface area contributed by atoms with Gasteiger partial charge in [-0.05, 0) is 64.2 Å². The quantitative estimate of drug-likeness (QED) is 0.0601. The molecule has 4 atom stereocenters. The number of aliphatic hydroxyl groups is 1. The molecule has 292 valence electrons. The van der Waals surface area contributed by atoms with Crippen LogP contribution in [0.3, 0.4) is 0 Å². The number of hydrogen-bond donors (Lipinski definition) is 2. The minimum absolute atomic E-state index is 0.0221. The molecule has 2 N–H and O–H groups in total. The van der Waals surface area contributed by atoms with Crippen LogP contribution in [0, 0.1) is 22.0 Å². The van der Waals surface area contributed by atoms with Gasteiger partial charge < -0.3 is 53.1 Å². The summed E-state index contributed by atoms with van der Waals surface area (Å²) in [7, 11) is 8.70. The van der Waals surface area contributed by atoms with Crippen molar-refractivity contribution in [2.75, 3.05) is 61.4 Å². The Hall–Kier alpha value is -6.68. The van der Waals surface area contributed by atoms with Crippen molar-refractivity contribution in [2.45, 2.75) is 12.0 Å². The Kier molecular flexibility index (Phi) is 10.2. The second-order valence-corrected chi connectivity index (χ2v) is 13.0. The number of rotatable bonds is 12. The van der Waals surface area contributed by atoms with E-state index < -0.39 is 40.7 Å². The van der Waals surface area contributed by atoms with E-state index >= 15 is 0 Å². The average Bonchev–Trinajstić information content (AvgIpc) is 3.86. The van der Waals surface area contributed by atoms with Gasteiger partial charge in [0, 0.05) is 29.5 Å². The van der Waals surface area contributed by atoms with Crippen LogP contribution >= 0.6 is 0 Å². The Morgan fingerprint density at radius 3 is 2.07 bits per heavy atom. The number of hydrogen-bond acceptors (Lipinski definition) is 14. The third-order valence-electron chi connectivity index (χ3n) is 10.2. The van der Waals surface area contributed by atoms with E-state index in [1.165, 1.54) is 66.9 Å². The first-order chi connectivity index (χ1) is 27.1. The van der Waals surface area contributed by atoms with Crippen LogP contribution in [-0.2, 0) is 14.3 Å². The lowest BCUT2D eigenvalue weighted by Gasteiger charge is -2.38. The van der Waals surface area contributed by atoms with E-state index in [0.29, 0.717) is 45.1 Å². The van der Waals surface area contributed by atoms with Crippen LogP contribution in [0.5, 0.6) is 46.0 Å². The first kappa shape index (κ1) is 37.6. The molecule has 0 saturated carbocycles. The zero-order valence-electron chi connectivity index (χ0n) is 31.2. The van der Waals surface area contributed by atoms with Gasteiger partial charge in [-0.15, -0.1) is 0 Å². The molecule has 2 aliphatic heterocycles. The van der Waals surface area contributed by atoms with Gasteiger partial charge in [0.2, 0.25) is 18.3 Å². The van der Waals surface area contributed by atoms with Crippen molar-refractivity contribution in [3.63, 3.8) is 0 Å². The van der Waals surface area contributed by atoms with Crippen LogP contribution in [0.2, 0.25) is 0 Å². The highest BCUT2D eigenvalue weighted by Crippen LogP contribution is 2.59. The molecule has 56 heavy (non-hydrogen) atoms. The largest absolute Gasteiger partial charge is 0.493 e. The lowest BCUT2D eigenvalue weighted by atomic mass is 9.65. The van der Waals surface area contributed by atoms with E-state index in [0.717, 1.165) is 0 Å². The summed E-state index contributed by atoms with van der Waals surface area (Å²) < 4.78 is 51.0. The molecule has 0 unspecified atom stereocenters. The summed E-state index contributed by atoms with van der Waals surface area (Å²) in [6.45, 7) is -0.234. The van der Waals surface area contributed by atoms with Crippen molar-refractivity contribution in [3.8, 4) is 46.0 Å². The summed E-state index contributed by atoms with van der Waals surface area (Å²) in [5, 5.41) is 26.6. The van der Waals surface area contributed by atoms with Crippen molar-refractivity contribution in [1.29, 1.82) is 0 Å². The standard InChI is InChI=1S/C40H38N2O14/c1-48-26-12-20(13-27(49-2)36(26)52-5)23(11-19-8-7-9-22(10-19)42(46)47)39(44)41-34-32-24(16-30-38(34)56-18-55-30)35(43)25-17-54-40(45)33(25)31(32)21-14-28(50-3)37(53-6)29(15-21)51-4/h7-16,25,31,33,35,43H,17-18H2,1-6H3,(H,41,44)/b23-11+/t25-,31+,33-,35-/m0/s1. The molecule has 0 aromatic heterocycles. The van der Waals surface area contributed by atoms with Gasteiger partial charge in [-0.2, -0.15) is 0 Å². The van der Waals surface area contributed by atoms with Crippen molar-refractivity contribution in [2.24, 2.45) is 11.8 Å². The summed E-state index contributed by atoms with van der Waals surface area (Å²) >= 11 is 0. The first-order valence-electron chi connectivity index (χ1n) is 17.3. The molecule has 0 radical (unpaired) electrons. The maximum Gasteiger partial charge on any atom is 0.310 e. The molecule has 1 amide bonds. The van der Waals surface area contributed by atoms with E-state index in [9.17, 15) is 24.8 Å². The number of nitrogens with zero attached hydrogens (tertiary/aromatic N) is 1. The number of aliphatic hydroxyl groups excluding tert-OH is 1. The molecule has 16 nitrogen and oxygen atoms in total. The van der Waals surface area contributed by atoms with Crippen LogP contribution in [0.25, 0.3) is 11.6 Å². The number of carbonyl (C=O) groups is 2. The van der Waals surface area contributed by atoms with Gasteiger partial charge in [0.25, 0.3) is 11.6 Å². The van der Waals surface area contributed by atoms with Crippen LogP contribution in [0.15, 0.2) is 54.6 Å². The van der Waals surface area contributed by atoms with Gasteiger partial charge in [0.15, 0.2) is 34.5 Å². The SMILES string of the molecule is COc1cc(/C(=C\c2cccc([N+](=O)[O-])c2)C(=O)Nc2c3c(cc4c2[C@@H](c2cc(OC)c(OC)c(OC)c2)[C@H]2C(=O)OC[C@@H]2[C@H]4O)OCO3)cc(OC)c1OC. The van der Waals surface area contributed by atoms with E-state index in [-0.39, 0.29) is 59.1 Å². The molecule has 4 aromatic carbocycles. The number of nitro groups is 1. The molecule has 3 aliphatic rings. The van der Waals surface area contributed by atoms with E-state index in [2.05, 4.69) is 5.32 Å². The smallest absolute Gasteiger partial charge is 0.310 e. The number of methoxy groups -OCH3 is 6. The number of cyclic esters (lactones) is 1. The fourth-order valence-electron chi connectivity index (χ4n) is 7.66. The van der Waals surface area contributed by atoms with Crippen molar-refractivity contribution in [3.05, 3.63) is 92.5 Å². The van der Waals surface area contributed by atoms with E-state index in [1.54, 1.807) is 36.4 Å². The Bertz CT molecular complexity index is 2220. The van der Waals surface area contributed by atoms with Crippen LogP contribution < -0.4 is 43.2 Å². The number of non-ortho nitro benzene ring substituents is 1. The minimum Gasteiger partial charge on any atom is -0.493 e. The number of carbonyl (C=O) groups excluding carboxylic acids is 2. The average molecular weight is 771 g/mol. The lowest BCUT2D eigenvalue weighted by molar-refractivity contribution is -0.384. The van der Waals surface area contributed by atoms with Crippen molar-refractivity contribution < 1.29 is 62.3 Å². The van der Waals surface area contributed by atoms with Crippen LogP contribution in [-0.4, -0.2) is 78.0 Å². The van der Waals surface area contributed by atoms with Crippen LogP contribution in [0.4, 0.5) is 11.4 Å². The highest BCUT2D eigenvalue weighted by Gasteiger charge is 2.53. The predicted octanol–water partition coefficient (Wildman–Crippen LogP) is 5.52. The molecule has 16 heteroatoms. The number of amides is 1. The number of nitro benzene ring substituents is 1. The normalized spacial score (nSPS) is 19.3. The van der Waals surface area contributed by atoms with Gasteiger partial charge in [0.1, 0.15) is 0 Å². The molecule has 1 aliphatic carbocycles. The monoisotopic (exact) mass is 770 g/mol.